The van der Waals surface area contributed by atoms with Crippen LogP contribution in [0.1, 0.15) is 38.2 Å². The van der Waals surface area contributed by atoms with Gasteiger partial charge < -0.3 is 4.74 Å². The lowest BCUT2D eigenvalue weighted by atomic mass is 9.90. The Balaban J connectivity index is 2.10. The standard InChI is InChI=1S/C14H19BrO/c1-3-16-12-6-4-11(5-7-12)13-8-9-14(15)10(13)2/h4-7,10,13-14H,3,8-9H2,1-2H3. The molecule has 0 bridgehead atoms. The Labute approximate surface area is 106 Å². The first-order valence-electron chi connectivity index (χ1n) is 6.09. The largest absolute Gasteiger partial charge is 0.494 e. The lowest BCUT2D eigenvalue weighted by Crippen LogP contribution is -2.08. The van der Waals surface area contributed by atoms with Gasteiger partial charge in [0.2, 0.25) is 0 Å². The molecule has 1 aromatic rings. The fourth-order valence-electron chi connectivity index (χ4n) is 2.56. The number of alkyl halides is 1. The van der Waals surface area contributed by atoms with E-state index in [1.807, 2.05) is 6.92 Å². The molecule has 0 heterocycles. The van der Waals surface area contributed by atoms with E-state index in [1.165, 1.54) is 18.4 Å². The van der Waals surface area contributed by atoms with Gasteiger partial charge in [-0.1, -0.05) is 35.0 Å². The molecule has 2 heteroatoms. The topological polar surface area (TPSA) is 9.23 Å². The smallest absolute Gasteiger partial charge is 0.119 e. The van der Waals surface area contributed by atoms with Gasteiger partial charge in [0.05, 0.1) is 6.61 Å². The first-order valence-corrected chi connectivity index (χ1v) is 7.00. The Morgan fingerprint density at radius 3 is 2.44 bits per heavy atom. The summed E-state index contributed by atoms with van der Waals surface area (Å²) in [4.78, 5) is 0.684. The molecule has 3 unspecified atom stereocenters. The molecule has 3 atom stereocenters. The van der Waals surface area contributed by atoms with Crippen LogP contribution >= 0.6 is 15.9 Å². The molecule has 88 valence electrons. The SMILES string of the molecule is CCOc1ccc(C2CCC(Br)C2C)cc1. The lowest BCUT2D eigenvalue weighted by molar-refractivity contribution is 0.340. The van der Waals surface area contributed by atoms with Crippen LogP contribution in [0, 0.1) is 5.92 Å². The second kappa shape index (κ2) is 5.22. The molecule has 1 aliphatic rings. The number of hydrogen-bond donors (Lipinski definition) is 0. The van der Waals surface area contributed by atoms with Gasteiger partial charge in [0.25, 0.3) is 0 Å². The molecule has 0 N–H and O–H groups in total. The summed E-state index contributed by atoms with van der Waals surface area (Å²) < 4.78 is 5.46. The van der Waals surface area contributed by atoms with Gasteiger partial charge >= 0.3 is 0 Å². The highest BCUT2D eigenvalue weighted by molar-refractivity contribution is 9.09. The minimum absolute atomic E-state index is 0.684. The molecule has 0 aliphatic heterocycles. The van der Waals surface area contributed by atoms with Crippen molar-refractivity contribution in [2.75, 3.05) is 6.61 Å². The molecule has 0 radical (unpaired) electrons. The zero-order valence-electron chi connectivity index (χ0n) is 9.95. The Hall–Kier alpha value is -0.500. The van der Waals surface area contributed by atoms with Crippen molar-refractivity contribution >= 4 is 15.9 Å². The average Bonchev–Trinajstić information content (AvgIpc) is 2.62. The van der Waals surface area contributed by atoms with E-state index < -0.39 is 0 Å². The van der Waals surface area contributed by atoms with Gasteiger partial charge in [0.1, 0.15) is 5.75 Å². The molecule has 1 aliphatic carbocycles. The van der Waals surface area contributed by atoms with E-state index in [0.717, 1.165) is 18.3 Å². The van der Waals surface area contributed by atoms with Crippen LogP contribution in [0.25, 0.3) is 0 Å². The molecule has 2 rings (SSSR count). The Bertz CT molecular complexity index is 333. The lowest BCUT2D eigenvalue weighted by Gasteiger charge is -2.18. The summed E-state index contributed by atoms with van der Waals surface area (Å²) in [6.07, 6.45) is 2.59. The van der Waals surface area contributed by atoms with Crippen molar-refractivity contribution in [3.05, 3.63) is 29.8 Å². The third-order valence-corrected chi connectivity index (χ3v) is 4.87. The fraction of sp³-hybridized carbons (Fsp3) is 0.571. The van der Waals surface area contributed by atoms with Crippen LogP contribution in [0.5, 0.6) is 5.75 Å². The Morgan fingerprint density at radius 1 is 1.25 bits per heavy atom. The van der Waals surface area contributed by atoms with Crippen LogP contribution in [0.3, 0.4) is 0 Å². The van der Waals surface area contributed by atoms with Crippen molar-refractivity contribution in [3.8, 4) is 5.75 Å². The van der Waals surface area contributed by atoms with Crippen LogP contribution in [-0.2, 0) is 0 Å². The van der Waals surface area contributed by atoms with Gasteiger partial charge in [-0.15, -0.1) is 0 Å². The van der Waals surface area contributed by atoms with Crippen molar-refractivity contribution in [1.29, 1.82) is 0 Å². The zero-order valence-corrected chi connectivity index (χ0v) is 11.5. The Morgan fingerprint density at radius 2 is 1.94 bits per heavy atom. The van der Waals surface area contributed by atoms with Gasteiger partial charge in [-0.25, -0.2) is 0 Å². The maximum Gasteiger partial charge on any atom is 0.119 e. The van der Waals surface area contributed by atoms with Crippen molar-refractivity contribution < 1.29 is 4.74 Å². The summed E-state index contributed by atoms with van der Waals surface area (Å²) in [7, 11) is 0. The van der Waals surface area contributed by atoms with Crippen LogP contribution in [-0.4, -0.2) is 11.4 Å². The summed E-state index contributed by atoms with van der Waals surface area (Å²) in [5, 5.41) is 0. The highest BCUT2D eigenvalue weighted by Gasteiger charge is 2.31. The number of halogens is 1. The molecular formula is C14H19BrO. The van der Waals surface area contributed by atoms with E-state index in [2.05, 4.69) is 47.1 Å². The summed E-state index contributed by atoms with van der Waals surface area (Å²) in [6, 6.07) is 8.62. The maximum atomic E-state index is 5.46. The third-order valence-electron chi connectivity index (χ3n) is 3.58. The molecule has 0 spiro atoms. The highest BCUT2D eigenvalue weighted by Crippen LogP contribution is 2.43. The third kappa shape index (κ3) is 2.42. The van der Waals surface area contributed by atoms with Crippen molar-refractivity contribution in [2.45, 2.75) is 37.4 Å². The summed E-state index contributed by atoms with van der Waals surface area (Å²) in [6.45, 7) is 5.10. The molecule has 0 aromatic heterocycles. The Kier molecular flexibility index (Phi) is 3.91. The molecule has 1 fully saturated rings. The van der Waals surface area contributed by atoms with E-state index in [1.54, 1.807) is 0 Å². The van der Waals surface area contributed by atoms with Gasteiger partial charge in [-0.05, 0) is 49.3 Å². The molecule has 0 saturated heterocycles. The second-order valence-corrected chi connectivity index (χ2v) is 5.74. The molecule has 1 nitrogen and oxygen atoms in total. The van der Waals surface area contributed by atoms with Gasteiger partial charge in [0.15, 0.2) is 0 Å². The molecular weight excluding hydrogens is 264 g/mol. The highest BCUT2D eigenvalue weighted by atomic mass is 79.9. The van der Waals surface area contributed by atoms with Gasteiger partial charge in [-0.3, -0.25) is 0 Å². The van der Waals surface area contributed by atoms with Crippen LogP contribution in [0.2, 0.25) is 0 Å². The van der Waals surface area contributed by atoms with E-state index in [9.17, 15) is 0 Å². The van der Waals surface area contributed by atoms with Crippen molar-refractivity contribution in [2.24, 2.45) is 5.92 Å². The summed E-state index contributed by atoms with van der Waals surface area (Å²) >= 11 is 3.76. The predicted molar refractivity (Wildman–Crippen MR) is 71.5 cm³/mol. The normalized spacial score (nSPS) is 29.3. The number of rotatable bonds is 3. The predicted octanol–water partition coefficient (Wildman–Crippen LogP) is 4.36. The van der Waals surface area contributed by atoms with E-state index >= 15 is 0 Å². The zero-order chi connectivity index (χ0) is 11.5. The van der Waals surface area contributed by atoms with Gasteiger partial charge in [0, 0.05) is 4.83 Å². The first kappa shape index (κ1) is 12.0. The van der Waals surface area contributed by atoms with Crippen LogP contribution in [0.4, 0.5) is 0 Å². The first-order chi connectivity index (χ1) is 7.72. The number of benzene rings is 1. The van der Waals surface area contributed by atoms with E-state index in [-0.39, 0.29) is 0 Å². The van der Waals surface area contributed by atoms with E-state index in [0.29, 0.717) is 10.7 Å². The minimum Gasteiger partial charge on any atom is -0.494 e. The van der Waals surface area contributed by atoms with Crippen molar-refractivity contribution in [3.63, 3.8) is 0 Å². The number of hydrogen-bond acceptors (Lipinski definition) is 1. The van der Waals surface area contributed by atoms with E-state index in [4.69, 9.17) is 4.74 Å². The average molecular weight is 283 g/mol. The minimum atomic E-state index is 0.684. The maximum absolute atomic E-state index is 5.46. The molecule has 0 amide bonds. The number of ether oxygens (including phenoxy) is 1. The van der Waals surface area contributed by atoms with Crippen LogP contribution < -0.4 is 4.74 Å². The second-order valence-electron chi connectivity index (χ2n) is 4.56. The molecule has 1 saturated carbocycles. The summed E-state index contributed by atoms with van der Waals surface area (Å²) in [5.74, 6) is 2.42. The quantitative estimate of drug-likeness (QED) is 0.749. The van der Waals surface area contributed by atoms with Gasteiger partial charge in [-0.2, -0.15) is 0 Å². The monoisotopic (exact) mass is 282 g/mol. The molecule has 1 aromatic carbocycles. The van der Waals surface area contributed by atoms with Crippen LogP contribution in [0.15, 0.2) is 24.3 Å². The molecule has 16 heavy (non-hydrogen) atoms. The van der Waals surface area contributed by atoms with Crippen molar-refractivity contribution in [1.82, 2.24) is 0 Å². The fourth-order valence-corrected chi connectivity index (χ4v) is 3.20. The summed E-state index contributed by atoms with van der Waals surface area (Å²) in [5.41, 5.74) is 1.46.